The molecule has 0 spiro atoms. The molecule has 1 amide bonds. The first-order chi connectivity index (χ1) is 9.82. The van der Waals surface area contributed by atoms with Crippen LogP contribution in [0.15, 0.2) is 10.6 Å². The minimum absolute atomic E-state index is 0.0789. The van der Waals surface area contributed by atoms with Crippen molar-refractivity contribution in [3.05, 3.63) is 17.5 Å². The molecule has 6 nitrogen and oxygen atoms in total. The topological polar surface area (TPSA) is 69.8 Å². The van der Waals surface area contributed by atoms with E-state index in [-0.39, 0.29) is 24.0 Å². The van der Waals surface area contributed by atoms with Crippen LogP contribution in [0.4, 0.5) is 0 Å². The van der Waals surface area contributed by atoms with Gasteiger partial charge in [0.15, 0.2) is 5.69 Å². The quantitative estimate of drug-likeness (QED) is 0.904. The number of hydrogen-bond acceptors (Lipinski definition) is 5. The summed E-state index contributed by atoms with van der Waals surface area (Å²) in [6.07, 6.45) is 0. The van der Waals surface area contributed by atoms with Crippen molar-refractivity contribution >= 4 is 5.91 Å². The summed E-state index contributed by atoms with van der Waals surface area (Å²) >= 11 is 0. The Kier molecular flexibility index (Phi) is 4.68. The van der Waals surface area contributed by atoms with E-state index in [2.05, 4.69) is 17.0 Å². The van der Waals surface area contributed by atoms with Crippen LogP contribution in [-0.4, -0.2) is 64.8 Å². The van der Waals surface area contributed by atoms with Crippen molar-refractivity contribution in [2.45, 2.75) is 39.2 Å². The number of aromatic nitrogens is 1. The second-order valence-electron chi connectivity index (χ2n) is 6.69. The number of carbonyl (C=O) groups is 1. The Bertz CT molecular complexity index is 493. The van der Waals surface area contributed by atoms with E-state index in [0.717, 1.165) is 12.3 Å². The summed E-state index contributed by atoms with van der Waals surface area (Å²) in [6.45, 7) is 11.0. The monoisotopic (exact) mass is 295 g/mol. The van der Waals surface area contributed by atoms with Crippen LogP contribution in [0.2, 0.25) is 0 Å². The van der Waals surface area contributed by atoms with Gasteiger partial charge in [0.2, 0.25) is 0 Å². The molecule has 1 fully saturated rings. The number of β-amino-alcohol motifs (C(OH)–C–C–N with tert-alkyl or cyclic N) is 1. The van der Waals surface area contributed by atoms with Gasteiger partial charge in [0.1, 0.15) is 5.76 Å². The minimum Gasteiger partial charge on any atom is -0.395 e. The third-order valence-electron chi connectivity index (χ3n) is 3.91. The van der Waals surface area contributed by atoms with Crippen molar-refractivity contribution in [2.24, 2.45) is 0 Å². The lowest BCUT2D eigenvalue weighted by Gasteiger charge is -2.39. The van der Waals surface area contributed by atoms with E-state index in [1.807, 2.05) is 25.7 Å². The lowest BCUT2D eigenvalue weighted by Crippen LogP contribution is -2.54. The predicted molar refractivity (Wildman–Crippen MR) is 79.2 cm³/mol. The summed E-state index contributed by atoms with van der Waals surface area (Å²) in [4.78, 5) is 16.5. The van der Waals surface area contributed by atoms with Crippen LogP contribution in [-0.2, 0) is 5.41 Å². The number of aliphatic hydroxyl groups is 1. The average molecular weight is 295 g/mol. The van der Waals surface area contributed by atoms with Crippen LogP contribution in [0, 0.1) is 0 Å². The molecule has 1 aliphatic heterocycles. The molecule has 21 heavy (non-hydrogen) atoms. The standard InChI is InChI=1S/C15H25N3O3/c1-11-10-18(6-5-17(11)7-8-19)14(20)12-9-13(21-16-12)15(2,3)4/h9,11,19H,5-8,10H2,1-4H3. The number of carbonyl (C=O) groups excluding carboxylic acids is 1. The Morgan fingerprint density at radius 1 is 1.48 bits per heavy atom. The van der Waals surface area contributed by atoms with Crippen molar-refractivity contribution in [1.29, 1.82) is 0 Å². The Hall–Kier alpha value is -1.40. The fourth-order valence-electron chi connectivity index (χ4n) is 2.53. The van der Waals surface area contributed by atoms with E-state index in [1.54, 1.807) is 6.07 Å². The van der Waals surface area contributed by atoms with Crippen molar-refractivity contribution in [3.8, 4) is 0 Å². The summed E-state index contributed by atoms with van der Waals surface area (Å²) in [5, 5.41) is 12.9. The zero-order valence-corrected chi connectivity index (χ0v) is 13.3. The van der Waals surface area contributed by atoms with Crippen LogP contribution in [0.1, 0.15) is 43.9 Å². The minimum atomic E-state index is -0.154. The van der Waals surface area contributed by atoms with Crippen LogP contribution in [0.5, 0.6) is 0 Å². The van der Waals surface area contributed by atoms with E-state index in [0.29, 0.717) is 25.3 Å². The number of nitrogens with zero attached hydrogens (tertiary/aromatic N) is 3. The molecular formula is C15H25N3O3. The fraction of sp³-hybridized carbons (Fsp3) is 0.733. The molecular weight excluding hydrogens is 270 g/mol. The van der Waals surface area contributed by atoms with Crippen LogP contribution < -0.4 is 0 Å². The largest absolute Gasteiger partial charge is 0.395 e. The first kappa shape index (κ1) is 16.0. The van der Waals surface area contributed by atoms with Crippen molar-refractivity contribution in [1.82, 2.24) is 15.0 Å². The third-order valence-corrected chi connectivity index (χ3v) is 3.91. The molecule has 1 unspecified atom stereocenters. The van der Waals surface area contributed by atoms with Crippen LogP contribution >= 0.6 is 0 Å². The molecule has 0 bridgehead atoms. The number of piperazine rings is 1. The van der Waals surface area contributed by atoms with Gasteiger partial charge < -0.3 is 14.5 Å². The van der Waals surface area contributed by atoms with Gasteiger partial charge in [-0.15, -0.1) is 0 Å². The van der Waals surface area contributed by atoms with Gasteiger partial charge >= 0.3 is 0 Å². The molecule has 1 saturated heterocycles. The van der Waals surface area contributed by atoms with Crippen molar-refractivity contribution < 1.29 is 14.4 Å². The highest BCUT2D eigenvalue weighted by atomic mass is 16.5. The molecule has 2 rings (SSSR count). The highest BCUT2D eigenvalue weighted by molar-refractivity contribution is 5.92. The molecule has 0 aromatic carbocycles. The number of amides is 1. The summed E-state index contributed by atoms with van der Waals surface area (Å²) < 4.78 is 5.29. The maximum Gasteiger partial charge on any atom is 0.276 e. The SMILES string of the molecule is CC1CN(C(=O)c2cc(C(C)(C)C)on2)CCN1CCO. The van der Waals surface area contributed by atoms with Gasteiger partial charge in [0, 0.05) is 43.7 Å². The molecule has 0 aliphatic carbocycles. The molecule has 1 aromatic rings. The molecule has 1 aromatic heterocycles. The van der Waals surface area contributed by atoms with Gasteiger partial charge in [-0.2, -0.15) is 0 Å². The third kappa shape index (κ3) is 3.63. The van der Waals surface area contributed by atoms with Crippen molar-refractivity contribution in [3.63, 3.8) is 0 Å². The Morgan fingerprint density at radius 3 is 2.71 bits per heavy atom. The zero-order chi connectivity index (χ0) is 15.6. The second kappa shape index (κ2) is 6.15. The van der Waals surface area contributed by atoms with E-state index in [1.165, 1.54) is 0 Å². The molecule has 1 N–H and O–H groups in total. The fourth-order valence-corrected chi connectivity index (χ4v) is 2.53. The maximum atomic E-state index is 12.5. The number of rotatable bonds is 3. The summed E-state index contributed by atoms with van der Waals surface area (Å²) in [5.74, 6) is 0.641. The van der Waals surface area contributed by atoms with E-state index < -0.39 is 0 Å². The predicted octanol–water partition coefficient (Wildman–Crippen LogP) is 1.11. The maximum absolute atomic E-state index is 12.5. The van der Waals surface area contributed by atoms with Gasteiger partial charge in [-0.3, -0.25) is 9.69 Å². The highest BCUT2D eigenvalue weighted by Gasteiger charge is 2.29. The first-order valence-electron chi connectivity index (χ1n) is 7.44. The van der Waals surface area contributed by atoms with E-state index in [4.69, 9.17) is 9.63 Å². The van der Waals surface area contributed by atoms with Gasteiger partial charge in [-0.05, 0) is 6.92 Å². The van der Waals surface area contributed by atoms with Gasteiger partial charge in [-0.25, -0.2) is 0 Å². The van der Waals surface area contributed by atoms with E-state index >= 15 is 0 Å². The molecule has 0 saturated carbocycles. The number of aliphatic hydroxyl groups excluding tert-OH is 1. The summed E-state index contributed by atoms with van der Waals surface area (Å²) in [6, 6.07) is 1.98. The lowest BCUT2D eigenvalue weighted by molar-refractivity contribution is 0.0461. The van der Waals surface area contributed by atoms with Crippen LogP contribution in [0.3, 0.4) is 0 Å². The van der Waals surface area contributed by atoms with Crippen LogP contribution in [0.25, 0.3) is 0 Å². The Morgan fingerprint density at radius 2 is 2.19 bits per heavy atom. The molecule has 1 aliphatic rings. The Labute approximate surface area is 125 Å². The number of hydrogen-bond donors (Lipinski definition) is 1. The molecule has 2 heterocycles. The molecule has 1 atom stereocenters. The zero-order valence-electron chi connectivity index (χ0n) is 13.3. The molecule has 0 radical (unpaired) electrons. The Balaban J connectivity index is 2.03. The normalized spacial score (nSPS) is 20.8. The lowest BCUT2D eigenvalue weighted by atomic mass is 9.93. The molecule has 6 heteroatoms. The average Bonchev–Trinajstić information content (AvgIpc) is 2.90. The highest BCUT2D eigenvalue weighted by Crippen LogP contribution is 2.23. The second-order valence-corrected chi connectivity index (χ2v) is 6.69. The summed E-state index contributed by atoms with van der Waals surface area (Å²) in [7, 11) is 0. The first-order valence-corrected chi connectivity index (χ1v) is 7.44. The molecule has 118 valence electrons. The van der Waals surface area contributed by atoms with Gasteiger partial charge in [0.05, 0.1) is 6.61 Å². The van der Waals surface area contributed by atoms with Crippen molar-refractivity contribution in [2.75, 3.05) is 32.8 Å². The van der Waals surface area contributed by atoms with Gasteiger partial charge in [0.25, 0.3) is 5.91 Å². The van der Waals surface area contributed by atoms with Gasteiger partial charge in [-0.1, -0.05) is 25.9 Å². The smallest absolute Gasteiger partial charge is 0.276 e. The van der Waals surface area contributed by atoms with E-state index in [9.17, 15) is 4.79 Å². The summed E-state index contributed by atoms with van der Waals surface area (Å²) in [5.41, 5.74) is 0.223.